The van der Waals surface area contributed by atoms with Crippen LogP contribution in [0.15, 0.2) is 42.5 Å². The van der Waals surface area contributed by atoms with Crippen LogP contribution in [0.1, 0.15) is 17.5 Å². The SMILES string of the molecule is C#Cc1cccc(NCc2ccc3c(c2)OCCCO3)c1. The molecule has 0 saturated heterocycles. The number of anilines is 1. The van der Waals surface area contributed by atoms with Gasteiger partial charge in [-0.1, -0.05) is 18.1 Å². The second-order valence-electron chi connectivity index (χ2n) is 4.91. The van der Waals surface area contributed by atoms with Crippen molar-refractivity contribution < 1.29 is 9.47 Å². The molecule has 0 saturated carbocycles. The molecular formula is C18H17NO2. The molecule has 2 aromatic rings. The van der Waals surface area contributed by atoms with Crippen molar-refractivity contribution in [1.82, 2.24) is 0 Å². The van der Waals surface area contributed by atoms with Crippen molar-refractivity contribution in [3.05, 3.63) is 53.6 Å². The normalized spacial score (nSPS) is 13.1. The fraction of sp³-hybridized carbons (Fsp3) is 0.222. The molecule has 0 bridgehead atoms. The Morgan fingerprint density at radius 1 is 1.05 bits per heavy atom. The highest BCUT2D eigenvalue weighted by atomic mass is 16.5. The van der Waals surface area contributed by atoms with Gasteiger partial charge in [-0.25, -0.2) is 0 Å². The Hall–Kier alpha value is -2.60. The fourth-order valence-corrected chi connectivity index (χ4v) is 2.24. The van der Waals surface area contributed by atoms with Crippen LogP contribution in [0.4, 0.5) is 5.69 Å². The van der Waals surface area contributed by atoms with E-state index in [2.05, 4.69) is 11.2 Å². The molecule has 0 atom stereocenters. The zero-order valence-corrected chi connectivity index (χ0v) is 11.8. The van der Waals surface area contributed by atoms with Crippen LogP contribution < -0.4 is 14.8 Å². The van der Waals surface area contributed by atoms with E-state index in [1.807, 2.05) is 42.5 Å². The molecule has 1 N–H and O–H groups in total. The van der Waals surface area contributed by atoms with Crippen LogP contribution in [-0.2, 0) is 6.54 Å². The Morgan fingerprint density at radius 3 is 2.76 bits per heavy atom. The number of rotatable bonds is 3. The van der Waals surface area contributed by atoms with Gasteiger partial charge in [0.1, 0.15) is 0 Å². The number of fused-ring (bicyclic) bond motifs is 1. The van der Waals surface area contributed by atoms with E-state index < -0.39 is 0 Å². The zero-order chi connectivity index (χ0) is 14.5. The maximum atomic E-state index is 5.70. The lowest BCUT2D eigenvalue weighted by molar-refractivity contribution is 0.297. The number of ether oxygens (including phenoxy) is 2. The standard InChI is InChI=1S/C18H17NO2/c1-2-14-5-3-6-16(11-14)19-13-15-7-8-17-18(12-15)21-10-4-9-20-17/h1,3,5-8,11-12,19H,4,9-10,13H2. The van der Waals surface area contributed by atoms with Gasteiger partial charge in [-0.05, 0) is 35.9 Å². The van der Waals surface area contributed by atoms with Crippen LogP contribution >= 0.6 is 0 Å². The molecular weight excluding hydrogens is 262 g/mol. The van der Waals surface area contributed by atoms with E-state index in [1.165, 1.54) is 0 Å². The number of nitrogens with one attached hydrogen (secondary N) is 1. The molecule has 3 nitrogen and oxygen atoms in total. The summed E-state index contributed by atoms with van der Waals surface area (Å²) in [6.45, 7) is 2.13. The van der Waals surface area contributed by atoms with Crippen LogP contribution in [0.5, 0.6) is 11.5 Å². The number of hydrogen-bond donors (Lipinski definition) is 1. The average molecular weight is 279 g/mol. The largest absolute Gasteiger partial charge is 0.490 e. The molecule has 0 unspecified atom stereocenters. The number of hydrogen-bond acceptors (Lipinski definition) is 3. The van der Waals surface area contributed by atoms with Crippen molar-refractivity contribution in [1.29, 1.82) is 0 Å². The summed E-state index contributed by atoms with van der Waals surface area (Å²) in [6.07, 6.45) is 6.33. The molecule has 0 aliphatic carbocycles. The van der Waals surface area contributed by atoms with Crippen LogP contribution in [0.3, 0.4) is 0 Å². The first-order chi connectivity index (χ1) is 10.3. The topological polar surface area (TPSA) is 30.5 Å². The average Bonchev–Trinajstić information content (AvgIpc) is 2.78. The lowest BCUT2D eigenvalue weighted by Gasteiger charge is -2.11. The summed E-state index contributed by atoms with van der Waals surface area (Å²) >= 11 is 0. The number of terminal acetylenes is 1. The molecule has 21 heavy (non-hydrogen) atoms. The van der Waals surface area contributed by atoms with Crippen molar-refractivity contribution in [3.8, 4) is 23.8 Å². The molecule has 0 amide bonds. The van der Waals surface area contributed by atoms with Gasteiger partial charge in [0.2, 0.25) is 0 Å². The van der Waals surface area contributed by atoms with Gasteiger partial charge in [-0.2, -0.15) is 0 Å². The third-order valence-electron chi connectivity index (χ3n) is 3.34. The maximum absolute atomic E-state index is 5.70. The smallest absolute Gasteiger partial charge is 0.161 e. The minimum absolute atomic E-state index is 0.702. The van der Waals surface area contributed by atoms with E-state index in [4.69, 9.17) is 15.9 Å². The molecule has 3 rings (SSSR count). The van der Waals surface area contributed by atoms with E-state index in [0.717, 1.165) is 34.7 Å². The minimum Gasteiger partial charge on any atom is -0.490 e. The van der Waals surface area contributed by atoms with Gasteiger partial charge in [-0.15, -0.1) is 6.42 Å². The molecule has 3 heteroatoms. The van der Waals surface area contributed by atoms with E-state index in [9.17, 15) is 0 Å². The predicted octanol–water partition coefficient (Wildman–Crippen LogP) is 3.44. The number of benzene rings is 2. The predicted molar refractivity (Wildman–Crippen MR) is 83.8 cm³/mol. The Labute approximate surface area is 124 Å². The summed E-state index contributed by atoms with van der Waals surface area (Å²) < 4.78 is 11.3. The highest BCUT2D eigenvalue weighted by Crippen LogP contribution is 2.30. The van der Waals surface area contributed by atoms with Gasteiger partial charge < -0.3 is 14.8 Å². The molecule has 2 aromatic carbocycles. The van der Waals surface area contributed by atoms with Gasteiger partial charge in [0, 0.05) is 24.2 Å². The summed E-state index contributed by atoms with van der Waals surface area (Å²) in [6, 6.07) is 13.9. The minimum atomic E-state index is 0.702. The molecule has 0 spiro atoms. The Balaban J connectivity index is 1.70. The molecule has 0 fully saturated rings. The van der Waals surface area contributed by atoms with E-state index in [0.29, 0.717) is 19.8 Å². The first-order valence-electron chi connectivity index (χ1n) is 7.04. The van der Waals surface area contributed by atoms with E-state index in [1.54, 1.807) is 0 Å². The summed E-state index contributed by atoms with van der Waals surface area (Å²) in [5.41, 5.74) is 3.03. The van der Waals surface area contributed by atoms with Crippen molar-refractivity contribution in [2.45, 2.75) is 13.0 Å². The highest BCUT2D eigenvalue weighted by molar-refractivity contribution is 5.51. The summed E-state index contributed by atoms with van der Waals surface area (Å²) in [5, 5.41) is 3.37. The quantitative estimate of drug-likeness (QED) is 0.873. The van der Waals surface area contributed by atoms with Crippen molar-refractivity contribution in [2.75, 3.05) is 18.5 Å². The third-order valence-corrected chi connectivity index (χ3v) is 3.34. The maximum Gasteiger partial charge on any atom is 0.161 e. The summed E-state index contributed by atoms with van der Waals surface area (Å²) in [4.78, 5) is 0. The lowest BCUT2D eigenvalue weighted by atomic mass is 10.1. The summed E-state index contributed by atoms with van der Waals surface area (Å²) in [5.74, 6) is 4.28. The third kappa shape index (κ3) is 3.29. The second kappa shape index (κ2) is 6.23. The van der Waals surface area contributed by atoms with Crippen LogP contribution in [-0.4, -0.2) is 13.2 Å². The Morgan fingerprint density at radius 2 is 1.90 bits per heavy atom. The molecule has 1 heterocycles. The van der Waals surface area contributed by atoms with Crippen LogP contribution in [0.25, 0.3) is 0 Å². The van der Waals surface area contributed by atoms with Crippen molar-refractivity contribution in [3.63, 3.8) is 0 Å². The van der Waals surface area contributed by atoms with Gasteiger partial charge in [0.05, 0.1) is 13.2 Å². The van der Waals surface area contributed by atoms with Gasteiger partial charge in [0.25, 0.3) is 0 Å². The highest BCUT2D eigenvalue weighted by Gasteiger charge is 2.10. The van der Waals surface area contributed by atoms with Gasteiger partial charge in [-0.3, -0.25) is 0 Å². The van der Waals surface area contributed by atoms with Crippen LogP contribution in [0, 0.1) is 12.3 Å². The van der Waals surface area contributed by atoms with Crippen LogP contribution in [0.2, 0.25) is 0 Å². The van der Waals surface area contributed by atoms with E-state index >= 15 is 0 Å². The molecule has 0 aromatic heterocycles. The van der Waals surface area contributed by atoms with E-state index in [-0.39, 0.29) is 0 Å². The van der Waals surface area contributed by atoms with Crippen molar-refractivity contribution in [2.24, 2.45) is 0 Å². The lowest BCUT2D eigenvalue weighted by Crippen LogP contribution is -2.00. The first-order valence-corrected chi connectivity index (χ1v) is 7.04. The van der Waals surface area contributed by atoms with Gasteiger partial charge >= 0.3 is 0 Å². The van der Waals surface area contributed by atoms with Crippen molar-refractivity contribution >= 4 is 5.69 Å². The van der Waals surface area contributed by atoms with Gasteiger partial charge in [0.15, 0.2) is 11.5 Å². The Kier molecular flexibility index (Phi) is 3.97. The molecule has 106 valence electrons. The molecule has 1 aliphatic heterocycles. The second-order valence-corrected chi connectivity index (χ2v) is 4.91. The summed E-state index contributed by atoms with van der Waals surface area (Å²) in [7, 11) is 0. The molecule has 0 radical (unpaired) electrons. The Bertz CT molecular complexity index is 673. The monoisotopic (exact) mass is 279 g/mol. The zero-order valence-electron chi connectivity index (χ0n) is 11.8. The fourth-order valence-electron chi connectivity index (χ4n) is 2.24. The molecule has 1 aliphatic rings. The first kappa shape index (κ1) is 13.4.